The van der Waals surface area contributed by atoms with Gasteiger partial charge in [0.05, 0.1) is 0 Å². The van der Waals surface area contributed by atoms with E-state index in [-0.39, 0.29) is 0 Å². The summed E-state index contributed by atoms with van der Waals surface area (Å²) in [5, 5.41) is 21.2. The highest BCUT2D eigenvalue weighted by atomic mass is 16.4. The predicted octanol–water partition coefficient (Wildman–Crippen LogP) is 1.48. The van der Waals surface area contributed by atoms with Crippen molar-refractivity contribution in [1.29, 1.82) is 0 Å². The van der Waals surface area contributed by atoms with Gasteiger partial charge in [0.15, 0.2) is 6.10 Å². The number of aliphatic carboxylic acids is 1. The third-order valence-electron chi connectivity index (χ3n) is 2.82. The summed E-state index contributed by atoms with van der Waals surface area (Å²) >= 11 is 0. The zero-order chi connectivity index (χ0) is 14.3. The number of unbranched alkanes of at least 4 members (excludes halogenated alkanes) is 1. The van der Waals surface area contributed by atoms with Gasteiger partial charge in [-0.25, -0.2) is 4.79 Å². The van der Waals surface area contributed by atoms with Crippen molar-refractivity contribution in [3.63, 3.8) is 0 Å². The smallest absolute Gasteiger partial charge is 0.326 e. The zero-order valence-corrected chi connectivity index (χ0v) is 10.9. The average Bonchev–Trinajstić information content (AvgIpc) is 2.43. The van der Waals surface area contributed by atoms with Crippen LogP contribution in [0.3, 0.4) is 0 Å². The summed E-state index contributed by atoms with van der Waals surface area (Å²) in [5.74, 6) is -1.77. The maximum Gasteiger partial charge on any atom is 0.326 e. The molecule has 0 aliphatic rings. The first-order chi connectivity index (χ1) is 9.06. The fraction of sp³-hybridized carbons (Fsp3) is 0.429. The molecule has 1 aromatic carbocycles. The molecule has 0 fully saturated rings. The summed E-state index contributed by atoms with van der Waals surface area (Å²) in [6.45, 7) is 1.94. The van der Waals surface area contributed by atoms with Gasteiger partial charge >= 0.3 is 5.97 Å². The quantitative estimate of drug-likeness (QED) is 0.697. The standard InChI is InChI=1S/C14H19NO4/c1-2-3-9-11(14(18)19)15-13(17)12(16)10-7-5-4-6-8-10/h4-8,11-12,16H,2-3,9H2,1H3,(H,15,17)(H,18,19)/t11-,12-/m0/s1. The van der Waals surface area contributed by atoms with Crippen LogP contribution in [0, 0.1) is 0 Å². The molecule has 2 atom stereocenters. The van der Waals surface area contributed by atoms with Crippen molar-refractivity contribution in [2.75, 3.05) is 0 Å². The number of nitrogens with one attached hydrogen (secondary N) is 1. The van der Waals surface area contributed by atoms with E-state index in [4.69, 9.17) is 5.11 Å². The first-order valence-electron chi connectivity index (χ1n) is 6.32. The highest BCUT2D eigenvalue weighted by Gasteiger charge is 2.24. The SMILES string of the molecule is CCCC[C@H](NC(=O)[C@@H](O)c1ccccc1)C(=O)O. The van der Waals surface area contributed by atoms with Gasteiger partial charge in [-0.1, -0.05) is 50.1 Å². The van der Waals surface area contributed by atoms with Gasteiger partial charge in [-0.2, -0.15) is 0 Å². The molecule has 0 saturated carbocycles. The molecule has 0 aliphatic carbocycles. The molecule has 0 saturated heterocycles. The number of hydrogen-bond donors (Lipinski definition) is 3. The van der Waals surface area contributed by atoms with Gasteiger partial charge < -0.3 is 15.5 Å². The topological polar surface area (TPSA) is 86.6 Å². The number of carboxylic acid groups (broad SMARTS) is 1. The first kappa shape index (κ1) is 15.2. The van der Waals surface area contributed by atoms with Crippen LogP contribution in [0.2, 0.25) is 0 Å². The molecule has 19 heavy (non-hydrogen) atoms. The second-order valence-corrected chi connectivity index (χ2v) is 4.35. The van der Waals surface area contributed by atoms with Crippen LogP contribution in [0.15, 0.2) is 30.3 Å². The Kier molecular flexibility index (Phi) is 6.02. The Morgan fingerprint density at radius 3 is 2.42 bits per heavy atom. The minimum atomic E-state index is -1.34. The van der Waals surface area contributed by atoms with Crippen LogP contribution >= 0.6 is 0 Å². The third-order valence-corrected chi connectivity index (χ3v) is 2.82. The van der Waals surface area contributed by atoms with Crippen molar-refractivity contribution in [2.24, 2.45) is 0 Å². The Hall–Kier alpha value is -1.88. The van der Waals surface area contributed by atoms with Gasteiger partial charge in [-0.15, -0.1) is 0 Å². The lowest BCUT2D eigenvalue weighted by Crippen LogP contribution is -2.43. The van der Waals surface area contributed by atoms with Crippen molar-refractivity contribution in [3.05, 3.63) is 35.9 Å². The van der Waals surface area contributed by atoms with E-state index >= 15 is 0 Å². The fourth-order valence-corrected chi connectivity index (χ4v) is 1.70. The number of carboxylic acids is 1. The number of amides is 1. The summed E-state index contributed by atoms with van der Waals surface area (Å²) in [6, 6.07) is 7.47. The van der Waals surface area contributed by atoms with Crippen molar-refractivity contribution >= 4 is 11.9 Å². The largest absolute Gasteiger partial charge is 0.480 e. The molecular formula is C14H19NO4. The van der Waals surface area contributed by atoms with Crippen molar-refractivity contribution in [3.8, 4) is 0 Å². The molecule has 0 radical (unpaired) electrons. The third kappa shape index (κ3) is 4.71. The van der Waals surface area contributed by atoms with Crippen molar-refractivity contribution < 1.29 is 19.8 Å². The number of carbonyl (C=O) groups is 2. The van der Waals surface area contributed by atoms with Crippen LogP contribution in [-0.4, -0.2) is 28.1 Å². The average molecular weight is 265 g/mol. The monoisotopic (exact) mass is 265 g/mol. The minimum Gasteiger partial charge on any atom is -0.480 e. The molecule has 104 valence electrons. The minimum absolute atomic E-state index is 0.360. The zero-order valence-electron chi connectivity index (χ0n) is 10.9. The molecule has 0 bridgehead atoms. The molecular weight excluding hydrogens is 246 g/mol. The number of aliphatic hydroxyl groups is 1. The molecule has 3 N–H and O–H groups in total. The lowest BCUT2D eigenvalue weighted by molar-refractivity contribution is -0.143. The van der Waals surface area contributed by atoms with E-state index in [0.717, 1.165) is 6.42 Å². The van der Waals surface area contributed by atoms with Gasteiger partial charge in [-0.3, -0.25) is 4.79 Å². The van der Waals surface area contributed by atoms with Crippen LogP contribution in [0.1, 0.15) is 37.9 Å². The lowest BCUT2D eigenvalue weighted by atomic mass is 10.1. The van der Waals surface area contributed by atoms with Gasteiger partial charge in [0, 0.05) is 0 Å². The van der Waals surface area contributed by atoms with Gasteiger partial charge in [0.2, 0.25) is 0 Å². The fourth-order valence-electron chi connectivity index (χ4n) is 1.70. The molecule has 0 aromatic heterocycles. The Morgan fingerprint density at radius 1 is 1.26 bits per heavy atom. The first-order valence-corrected chi connectivity index (χ1v) is 6.32. The van der Waals surface area contributed by atoms with Crippen molar-refractivity contribution in [2.45, 2.75) is 38.3 Å². The van der Waals surface area contributed by atoms with E-state index < -0.39 is 24.0 Å². The highest BCUT2D eigenvalue weighted by molar-refractivity contribution is 5.86. The van der Waals surface area contributed by atoms with Crippen LogP contribution in [0.25, 0.3) is 0 Å². The van der Waals surface area contributed by atoms with E-state index in [2.05, 4.69) is 5.32 Å². The van der Waals surface area contributed by atoms with Crippen LogP contribution in [0.4, 0.5) is 0 Å². The second-order valence-electron chi connectivity index (χ2n) is 4.35. The molecule has 5 nitrogen and oxygen atoms in total. The van der Waals surface area contributed by atoms with E-state index in [9.17, 15) is 14.7 Å². The Morgan fingerprint density at radius 2 is 1.89 bits per heavy atom. The summed E-state index contributed by atoms with van der Waals surface area (Å²) in [5.41, 5.74) is 0.444. The molecule has 0 heterocycles. The van der Waals surface area contributed by atoms with Crippen molar-refractivity contribution in [1.82, 2.24) is 5.32 Å². The number of hydrogen-bond acceptors (Lipinski definition) is 3. The van der Waals surface area contributed by atoms with Gasteiger partial charge in [-0.05, 0) is 12.0 Å². The number of rotatable bonds is 7. The number of aliphatic hydroxyl groups excluding tert-OH is 1. The van der Waals surface area contributed by atoms with Crippen LogP contribution in [-0.2, 0) is 9.59 Å². The van der Waals surface area contributed by atoms with E-state index in [0.29, 0.717) is 18.4 Å². The number of benzene rings is 1. The number of carbonyl (C=O) groups excluding carboxylic acids is 1. The maximum atomic E-state index is 11.8. The molecule has 5 heteroatoms. The Bertz CT molecular complexity index is 419. The Balaban J connectivity index is 2.64. The van der Waals surface area contributed by atoms with Gasteiger partial charge in [0.25, 0.3) is 5.91 Å². The maximum absolute atomic E-state index is 11.8. The lowest BCUT2D eigenvalue weighted by Gasteiger charge is -2.17. The predicted molar refractivity (Wildman–Crippen MR) is 70.5 cm³/mol. The second kappa shape index (κ2) is 7.53. The molecule has 1 rings (SSSR count). The molecule has 0 unspecified atom stereocenters. The van der Waals surface area contributed by atoms with Gasteiger partial charge in [0.1, 0.15) is 6.04 Å². The summed E-state index contributed by atoms with van der Waals surface area (Å²) < 4.78 is 0. The van der Waals surface area contributed by atoms with E-state index in [1.54, 1.807) is 30.3 Å². The molecule has 1 amide bonds. The molecule has 0 spiro atoms. The van der Waals surface area contributed by atoms with Crippen LogP contribution < -0.4 is 5.32 Å². The normalized spacial score (nSPS) is 13.6. The summed E-state index contributed by atoms with van der Waals surface area (Å²) in [4.78, 5) is 22.8. The van der Waals surface area contributed by atoms with E-state index in [1.165, 1.54) is 0 Å². The summed E-state index contributed by atoms with van der Waals surface area (Å²) in [6.07, 6.45) is 0.572. The van der Waals surface area contributed by atoms with Crippen LogP contribution in [0.5, 0.6) is 0 Å². The molecule has 1 aromatic rings. The highest BCUT2D eigenvalue weighted by Crippen LogP contribution is 2.13. The molecule has 0 aliphatic heterocycles. The summed E-state index contributed by atoms with van der Waals surface area (Å²) in [7, 11) is 0. The van der Waals surface area contributed by atoms with E-state index in [1.807, 2.05) is 6.92 Å². The Labute approximate surface area is 112 Å².